The minimum absolute atomic E-state index is 0.177. The molecular formula is C14H24N2O. The molecule has 0 saturated carbocycles. The third kappa shape index (κ3) is 4.02. The summed E-state index contributed by atoms with van der Waals surface area (Å²) >= 11 is 0. The summed E-state index contributed by atoms with van der Waals surface area (Å²) in [6.45, 7) is 4.29. The number of nitrogens with two attached hydrogens (primary N) is 1. The molecule has 0 aliphatic rings. The molecule has 3 nitrogen and oxygen atoms in total. The van der Waals surface area contributed by atoms with Crippen molar-refractivity contribution in [1.29, 1.82) is 0 Å². The summed E-state index contributed by atoms with van der Waals surface area (Å²) in [4.78, 5) is 0. The van der Waals surface area contributed by atoms with E-state index in [4.69, 9.17) is 10.6 Å². The lowest BCUT2D eigenvalue weighted by atomic mass is 9.98. The summed E-state index contributed by atoms with van der Waals surface area (Å²) in [6, 6.07) is 6.39. The minimum Gasteiger partial charge on any atom is -0.496 e. The quantitative estimate of drug-likeness (QED) is 0.434. The van der Waals surface area contributed by atoms with E-state index in [1.807, 2.05) is 6.07 Å². The Morgan fingerprint density at radius 3 is 2.71 bits per heavy atom. The Morgan fingerprint density at radius 1 is 1.35 bits per heavy atom. The van der Waals surface area contributed by atoms with Crippen molar-refractivity contribution in [3.8, 4) is 5.75 Å². The number of ether oxygens (including phenoxy) is 1. The third-order valence-electron chi connectivity index (χ3n) is 3.06. The lowest BCUT2D eigenvalue weighted by Crippen LogP contribution is -2.28. The summed E-state index contributed by atoms with van der Waals surface area (Å²) < 4.78 is 5.39. The van der Waals surface area contributed by atoms with E-state index >= 15 is 0 Å². The van der Waals surface area contributed by atoms with Crippen LogP contribution in [0.3, 0.4) is 0 Å². The Morgan fingerprint density at radius 2 is 2.12 bits per heavy atom. The Hall–Kier alpha value is -1.06. The molecule has 96 valence electrons. The average molecular weight is 236 g/mol. The van der Waals surface area contributed by atoms with Gasteiger partial charge < -0.3 is 4.74 Å². The average Bonchev–Trinajstić information content (AvgIpc) is 2.35. The molecule has 1 unspecified atom stereocenters. The second-order valence-corrected chi connectivity index (χ2v) is 4.46. The maximum atomic E-state index is 5.66. The third-order valence-corrected chi connectivity index (χ3v) is 3.06. The first-order valence-corrected chi connectivity index (χ1v) is 6.33. The smallest absolute Gasteiger partial charge is 0.123 e. The SMILES string of the molecule is CCCCCC(NN)c1cc(C)ccc1OC. The van der Waals surface area contributed by atoms with Crippen molar-refractivity contribution in [2.45, 2.75) is 45.6 Å². The second kappa shape index (κ2) is 7.30. The summed E-state index contributed by atoms with van der Waals surface area (Å²) in [6.07, 6.45) is 4.70. The van der Waals surface area contributed by atoms with Crippen LogP contribution in [0.2, 0.25) is 0 Å². The van der Waals surface area contributed by atoms with Crippen LogP contribution in [-0.2, 0) is 0 Å². The van der Waals surface area contributed by atoms with Crippen molar-refractivity contribution in [1.82, 2.24) is 5.43 Å². The highest BCUT2D eigenvalue weighted by atomic mass is 16.5. The molecule has 1 aromatic rings. The number of hydrazine groups is 1. The van der Waals surface area contributed by atoms with Crippen molar-refractivity contribution in [3.63, 3.8) is 0 Å². The van der Waals surface area contributed by atoms with Crippen LogP contribution in [0.1, 0.15) is 49.8 Å². The van der Waals surface area contributed by atoms with Gasteiger partial charge in [0.2, 0.25) is 0 Å². The fraction of sp³-hybridized carbons (Fsp3) is 0.571. The zero-order valence-corrected chi connectivity index (χ0v) is 11.1. The summed E-state index contributed by atoms with van der Waals surface area (Å²) in [5.41, 5.74) is 5.29. The van der Waals surface area contributed by atoms with Gasteiger partial charge in [0.25, 0.3) is 0 Å². The Labute approximate surface area is 104 Å². The van der Waals surface area contributed by atoms with Crippen LogP contribution in [0.15, 0.2) is 18.2 Å². The predicted octanol–water partition coefficient (Wildman–Crippen LogP) is 3.09. The van der Waals surface area contributed by atoms with E-state index in [0.29, 0.717) is 0 Å². The fourth-order valence-corrected chi connectivity index (χ4v) is 2.05. The summed E-state index contributed by atoms with van der Waals surface area (Å²) in [5, 5.41) is 0. The molecule has 0 aliphatic heterocycles. The van der Waals surface area contributed by atoms with Crippen molar-refractivity contribution in [2.24, 2.45) is 5.84 Å². The first kappa shape index (κ1) is 14.0. The van der Waals surface area contributed by atoms with Gasteiger partial charge in [-0.25, -0.2) is 0 Å². The molecule has 0 amide bonds. The van der Waals surface area contributed by atoms with Crippen LogP contribution in [0.5, 0.6) is 5.75 Å². The van der Waals surface area contributed by atoms with E-state index in [-0.39, 0.29) is 6.04 Å². The van der Waals surface area contributed by atoms with Gasteiger partial charge in [-0.1, -0.05) is 43.9 Å². The molecule has 1 aromatic carbocycles. The molecule has 0 heterocycles. The first-order valence-electron chi connectivity index (χ1n) is 6.33. The molecule has 0 spiro atoms. The van der Waals surface area contributed by atoms with Gasteiger partial charge in [0, 0.05) is 11.6 Å². The van der Waals surface area contributed by atoms with Crippen molar-refractivity contribution >= 4 is 0 Å². The zero-order valence-electron chi connectivity index (χ0n) is 11.1. The van der Waals surface area contributed by atoms with Crippen LogP contribution in [0.4, 0.5) is 0 Å². The van der Waals surface area contributed by atoms with E-state index in [2.05, 4.69) is 31.4 Å². The lowest BCUT2D eigenvalue weighted by molar-refractivity contribution is 0.393. The van der Waals surface area contributed by atoms with Crippen molar-refractivity contribution in [2.75, 3.05) is 7.11 Å². The highest BCUT2D eigenvalue weighted by Crippen LogP contribution is 2.29. The molecule has 0 radical (unpaired) electrons. The lowest BCUT2D eigenvalue weighted by Gasteiger charge is -2.19. The molecule has 17 heavy (non-hydrogen) atoms. The van der Waals surface area contributed by atoms with E-state index < -0.39 is 0 Å². The molecule has 0 bridgehead atoms. The molecule has 1 atom stereocenters. The number of rotatable bonds is 7. The van der Waals surface area contributed by atoms with Crippen LogP contribution < -0.4 is 16.0 Å². The number of benzene rings is 1. The standard InChI is InChI=1S/C14H24N2O/c1-4-5-6-7-13(16-15)12-10-11(2)8-9-14(12)17-3/h8-10,13,16H,4-7,15H2,1-3H3. The Balaban J connectivity index is 2.82. The number of aryl methyl sites for hydroxylation is 1. The summed E-state index contributed by atoms with van der Waals surface area (Å²) in [7, 11) is 1.70. The molecule has 3 heteroatoms. The van der Waals surface area contributed by atoms with Crippen LogP contribution in [-0.4, -0.2) is 7.11 Å². The van der Waals surface area contributed by atoms with Crippen LogP contribution >= 0.6 is 0 Å². The highest BCUT2D eigenvalue weighted by molar-refractivity contribution is 5.39. The first-order chi connectivity index (χ1) is 8.22. The van der Waals surface area contributed by atoms with E-state index in [0.717, 1.165) is 17.7 Å². The Kier molecular flexibility index (Phi) is 6.01. The number of nitrogens with one attached hydrogen (secondary N) is 1. The number of unbranched alkanes of at least 4 members (excludes halogenated alkanes) is 2. The number of hydrogen-bond donors (Lipinski definition) is 2. The van der Waals surface area contributed by atoms with Gasteiger partial charge in [0.05, 0.1) is 7.11 Å². The number of hydrogen-bond acceptors (Lipinski definition) is 3. The van der Waals surface area contributed by atoms with Gasteiger partial charge in [-0.05, 0) is 19.4 Å². The molecule has 0 saturated heterocycles. The van der Waals surface area contributed by atoms with Crippen LogP contribution in [0, 0.1) is 6.92 Å². The normalized spacial score (nSPS) is 12.5. The molecule has 0 fully saturated rings. The predicted molar refractivity (Wildman–Crippen MR) is 71.9 cm³/mol. The van der Waals surface area contributed by atoms with Gasteiger partial charge in [-0.3, -0.25) is 11.3 Å². The van der Waals surface area contributed by atoms with E-state index in [1.54, 1.807) is 7.11 Å². The van der Waals surface area contributed by atoms with Gasteiger partial charge in [-0.15, -0.1) is 0 Å². The molecule has 1 rings (SSSR count). The number of methoxy groups -OCH3 is 1. The molecule has 0 aliphatic carbocycles. The minimum atomic E-state index is 0.177. The molecule has 0 aromatic heterocycles. The van der Waals surface area contributed by atoms with E-state index in [9.17, 15) is 0 Å². The maximum Gasteiger partial charge on any atom is 0.123 e. The highest BCUT2D eigenvalue weighted by Gasteiger charge is 2.14. The van der Waals surface area contributed by atoms with Gasteiger partial charge in [-0.2, -0.15) is 0 Å². The topological polar surface area (TPSA) is 47.3 Å². The van der Waals surface area contributed by atoms with Crippen molar-refractivity contribution in [3.05, 3.63) is 29.3 Å². The summed E-state index contributed by atoms with van der Waals surface area (Å²) in [5.74, 6) is 6.57. The van der Waals surface area contributed by atoms with Crippen LogP contribution in [0.25, 0.3) is 0 Å². The second-order valence-electron chi connectivity index (χ2n) is 4.46. The fourth-order valence-electron chi connectivity index (χ4n) is 2.05. The van der Waals surface area contributed by atoms with Gasteiger partial charge >= 0.3 is 0 Å². The Bertz CT molecular complexity index is 339. The molecule has 3 N–H and O–H groups in total. The largest absolute Gasteiger partial charge is 0.496 e. The van der Waals surface area contributed by atoms with Gasteiger partial charge in [0.15, 0.2) is 0 Å². The van der Waals surface area contributed by atoms with Gasteiger partial charge in [0.1, 0.15) is 5.75 Å². The van der Waals surface area contributed by atoms with E-state index in [1.165, 1.54) is 24.8 Å². The monoisotopic (exact) mass is 236 g/mol. The molecular weight excluding hydrogens is 212 g/mol. The zero-order chi connectivity index (χ0) is 12.7. The van der Waals surface area contributed by atoms with Crippen molar-refractivity contribution < 1.29 is 4.74 Å². The maximum absolute atomic E-state index is 5.66.